The molecule has 74 valence electrons. The third-order valence-electron chi connectivity index (χ3n) is 3.66. The summed E-state index contributed by atoms with van der Waals surface area (Å²) in [5.74, 6) is 1.72. The maximum absolute atomic E-state index is 3.60. The van der Waals surface area contributed by atoms with Crippen LogP contribution in [0.5, 0.6) is 0 Å². The summed E-state index contributed by atoms with van der Waals surface area (Å²) in [5.41, 5.74) is 2.87. The molecule has 2 heteroatoms. The minimum atomic E-state index is 0.774. The van der Waals surface area contributed by atoms with Gasteiger partial charge in [0.1, 0.15) is 0 Å². The standard InChI is InChI=1S/C12H14BrN/c13-11-6-2-5-9-10(7-14-12(9)11)8-3-1-4-8/h2,5-6,8,10,14H,1,3-4,7H2. The van der Waals surface area contributed by atoms with E-state index in [1.165, 1.54) is 35.0 Å². The fraction of sp³-hybridized carbons (Fsp3) is 0.500. The predicted molar refractivity (Wildman–Crippen MR) is 62.7 cm³/mol. The SMILES string of the molecule is Brc1cccc2c1NCC2C1CCC1. The van der Waals surface area contributed by atoms with Crippen LogP contribution in [0, 0.1) is 5.92 Å². The molecule has 1 atom stereocenters. The fourth-order valence-electron chi connectivity index (χ4n) is 2.62. The molecule has 0 radical (unpaired) electrons. The Kier molecular flexibility index (Phi) is 2.05. The summed E-state index contributed by atoms with van der Waals surface area (Å²) in [6.45, 7) is 1.14. The lowest BCUT2D eigenvalue weighted by Crippen LogP contribution is -2.21. The number of hydrogen-bond donors (Lipinski definition) is 1. The highest BCUT2D eigenvalue weighted by Gasteiger charge is 2.33. The van der Waals surface area contributed by atoms with E-state index in [-0.39, 0.29) is 0 Å². The van der Waals surface area contributed by atoms with Crippen molar-refractivity contribution in [2.45, 2.75) is 25.2 Å². The van der Waals surface area contributed by atoms with Crippen molar-refractivity contribution < 1.29 is 0 Å². The normalized spacial score (nSPS) is 25.4. The number of benzene rings is 1. The minimum Gasteiger partial charge on any atom is -0.383 e. The molecule has 1 saturated carbocycles. The Balaban J connectivity index is 1.97. The summed E-state index contributed by atoms with van der Waals surface area (Å²) in [6, 6.07) is 6.56. The van der Waals surface area contributed by atoms with Crippen molar-refractivity contribution >= 4 is 21.6 Å². The van der Waals surface area contributed by atoms with E-state index in [1.807, 2.05) is 0 Å². The number of halogens is 1. The Morgan fingerprint density at radius 3 is 2.86 bits per heavy atom. The predicted octanol–water partition coefficient (Wildman–Crippen LogP) is 3.76. The van der Waals surface area contributed by atoms with E-state index in [0.29, 0.717) is 0 Å². The summed E-state index contributed by atoms with van der Waals surface area (Å²) < 4.78 is 1.22. The van der Waals surface area contributed by atoms with Crippen LogP contribution >= 0.6 is 15.9 Å². The van der Waals surface area contributed by atoms with E-state index in [2.05, 4.69) is 39.4 Å². The van der Waals surface area contributed by atoms with Crippen LogP contribution in [-0.4, -0.2) is 6.54 Å². The zero-order chi connectivity index (χ0) is 9.54. The van der Waals surface area contributed by atoms with Crippen molar-refractivity contribution in [1.82, 2.24) is 0 Å². The second-order valence-corrected chi connectivity index (χ2v) is 5.24. The first-order chi connectivity index (χ1) is 6.86. The van der Waals surface area contributed by atoms with Gasteiger partial charge in [0.25, 0.3) is 0 Å². The van der Waals surface area contributed by atoms with Crippen molar-refractivity contribution in [3.8, 4) is 0 Å². The van der Waals surface area contributed by atoms with Gasteiger partial charge in [-0.2, -0.15) is 0 Å². The number of hydrogen-bond acceptors (Lipinski definition) is 1. The molecule has 1 unspecified atom stereocenters. The van der Waals surface area contributed by atoms with Crippen LogP contribution in [0.15, 0.2) is 22.7 Å². The number of anilines is 1. The van der Waals surface area contributed by atoms with Gasteiger partial charge in [0.05, 0.1) is 5.69 Å². The van der Waals surface area contributed by atoms with Gasteiger partial charge < -0.3 is 5.32 Å². The molecule has 0 aromatic heterocycles. The topological polar surface area (TPSA) is 12.0 Å². The van der Waals surface area contributed by atoms with Crippen LogP contribution in [0.25, 0.3) is 0 Å². The van der Waals surface area contributed by atoms with Crippen LogP contribution in [0.3, 0.4) is 0 Å². The maximum Gasteiger partial charge on any atom is 0.0521 e. The molecule has 2 aliphatic rings. The van der Waals surface area contributed by atoms with Crippen molar-refractivity contribution in [2.75, 3.05) is 11.9 Å². The minimum absolute atomic E-state index is 0.774. The lowest BCUT2D eigenvalue weighted by molar-refractivity contribution is 0.272. The molecule has 0 bridgehead atoms. The van der Waals surface area contributed by atoms with Gasteiger partial charge in [-0.1, -0.05) is 18.6 Å². The van der Waals surface area contributed by atoms with E-state index in [0.717, 1.165) is 18.4 Å². The highest BCUT2D eigenvalue weighted by Crippen LogP contribution is 2.46. The van der Waals surface area contributed by atoms with Gasteiger partial charge in [-0.15, -0.1) is 0 Å². The van der Waals surface area contributed by atoms with Gasteiger partial charge in [0.2, 0.25) is 0 Å². The highest BCUT2D eigenvalue weighted by atomic mass is 79.9. The average Bonchev–Trinajstić information content (AvgIpc) is 2.48. The number of nitrogens with one attached hydrogen (secondary N) is 1. The van der Waals surface area contributed by atoms with Crippen molar-refractivity contribution in [2.24, 2.45) is 5.92 Å². The molecule has 1 nitrogen and oxygen atoms in total. The molecule has 1 aliphatic carbocycles. The molecule has 3 rings (SSSR count). The zero-order valence-electron chi connectivity index (χ0n) is 8.09. The first-order valence-corrected chi connectivity index (χ1v) is 6.18. The lowest BCUT2D eigenvalue weighted by atomic mass is 9.74. The summed E-state index contributed by atoms with van der Waals surface area (Å²) in [4.78, 5) is 0. The van der Waals surface area contributed by atoms with Crippen molar-refractivity contribution in [3.63, 3.8) is 0 Å². The monoisotopic (exact) mass is 251 g/mol. The second kappa shape index (κ2) is 3.27. The summed E-state index contributed by atoms with van der Waals surface area (Å²) in [7, 11) is 0. The van der Waals surface area contributed by atoms with Gasteiger partial charge >= 0.3 is 0 Å². The third-order valence-corrected chi connectivity index (χ3v) is 4.32. The lowest BCUT2D eigenvalue weighted by Gasteiger charge is -2.31. The second-order valence-electron chi connectivity index (χ2n) is 4.38. The van der Waals surface area contributed by atoms with Gasteiger partial charge in [-0.25, -0.2) is 0 Å². The molecule has 1 heterocycles. The van der Waals surface area contributed by atoms with Crippen LogP contribution < -0.4 is 5.32 Å². The molecular formula is C12H14BrN. The Hall–Kier alpha value is -0.500. The molecule has 0 amide bonds. The Morgan fingerprint density at radius 1 is 1.29 bits per heavy atom. The number of para-hydroxylation sites is 1. The maximum atomic E-state index is 3.60. The highest BCUT2D eigenvalue weighted by molar-refractivity contribution is 9.10. The largest absolute Gasteiger partial charge is 0.383 e. The first-order valence-electron chi connectivity index (χ1n) is 5.38. The molecule has 1 fully saturated rings. The van der Waals surface area contributed by atoms with Gasteiger partial charge in [0.15, 0.2) is 0 Å². The van der Waals surface area contributed by atoms with Gasteiger partial charge in [-0.3, -0.25) is 0 Å². The number of fused-ring (bicyclic) bond motifs is 1. The van der Waals surface area contributed by atoms with Gasteiger partial charge in [-0.05, 0) is 46.3 Å². The summed E-state index contributed by atoms with van der Waals surface area (Å²) >= 11 is 3.60. The molecule has 1 aromatic carbocycles. The Bertz CT molecular complexity index is 357. The summed E-state index contributed by atoms with van der Waals surface area (Å²) in [6.07, 6.45) is 4.29. The van der Waals surface area contributed by atoms with E-state index >= 15 is 0 Å². The van der Waals surface area contributed by atoms with Crippen molar-refractivity contribution in [1.29, 1.82) is 0 Å². The molecular weight excluding hydrogens is 238 g/mol. The van der Waals surface area contributed by atoms with Crippen LogP contribution in [0.2, 0.25) is 0 Å². The molecule has 0 saturated heterocycles. The molecule has 0 spiro atoms. The third kappa shape index (κ3) is 1.20. The van der Waals surface area contributed by atoms with Crippen LogP contribution in [0.1, 0.15) is 30.7 Å². The molecule has 1 aliphatic heterocycles. The van der Waals surface area contributed by atoms with E-state index < -0.39 is 0 Å². The molecule has 1 N–H and O–H groups in total. The Morgan fingerprint density at radius 2 is 2.14 bits per heavy atom. The average molecular weight is 252 g/mol. The number of rotatable bonds is 1. The zero-order valence-corrected chi connectivity index (χ0v) is 9.68. The molecule has 14 heavy (non-hydrogen) atoms. The van der Waals surface area contributed by atoms with E-state index in [1.54, 1.807) is 0 Å². The van der Waals surface area contributed by atoms with E-state index in [4.69, 9.17) is 0 Å². The van der Waals surface area contributed by atoms with Gasteiger partial charge in [0, 0.05) is 16.9 Å². The quantitative estimate of drug-likeness (QED) is 0.802. The fourth-order valence-corrected chi connectivity index (χ4v) is 3.14. The first kappa shape index (κ1) is 8.78. The Labute approximate surface area is 93.0 Å². The van der Waals surface area contributed by atoms with E-state index in [9.17, 15) is 0 Å². The van der Waals surface area contributed by atoms with Crippen molar-refractivity contribution in [3.05, 3.63) is 28.2 Å². The summed E-state index contributed by atoms with van der Waals surface area (Å²) in [5, 5.41) is 3.52. The smallest absolute Gasteiger partial charge is 0.0521 e. The van der Waals surface area contributed by atoms with Crippen LogP contribution in [0.4, 0.5) is 5.69 Å². The van der Waals surface area contributed by atoms with Crippen LogP contribution in [-0.2, 0) is 0 Å². The molecule has 1 aromatic rings.